The molecule has 0 unspecified atom stereocenters. The summed E-state index contributed by atoms with van der Waals surface area (Å²) in [4.78, 5) is 4.34. The second-order valence-electron chi connectivity index (χ2n) is 3.65. The van der Waals surface area contributed by atoms with Gasteiger partial charge in [-0.3, -0.25) is 0 Å². The molecule has 15 heavy (non-hydrogen) atoms. The molecule has 0 bridgehead atoms. The summed E-state index contributed by atoms with van der Waals surface area (Å²) in [5.74, 6) is 0.978. The summed E-state index contributed by atoms with van der Waals surface area (Å²) in [5, 5.41) is 6.63. The van der Waals surface area contributed by atoms with Crippen LogP contribution in [0.3, 0.4) is 0 Å². The first kappa shape index (κ1) is 10.2. The van der Waals surface area contributed by atoms with Crippen molar-refractivity contribution in [3.05, 3.63) is 35.4 Å². The van der Waals surface area contributed by atoms with Crippen molar-refractivity contribution in [3.63, 3.8) is 0 Å². The van der Waals surface area contributed by atoms with Crippen LogP contribution in [0.2, 0.25) is 0 Å². The average molecular weight is 218 g/mol. The SMILES string of the molecule is CC(C)=CCNc1nccc2sccc12. The minimum Gasteiger partial charge on any atom is -0.366 e. The maximum atomic E-state index is 4.34. The molecular formula is C12H14N2S. The quantitative estimate of drug-likeness (QED) is 0.795. The molecule has 0 saturated heterocycles. The first-order chi connectivity index (χ1) is 7.27. The largest absolute Gasteiger partial charge is 0.366 e. The zero-order chi connectivity index (χ0) is 10.7. The van der Waals surface area contributed by atoms with E-state index in [4.69, 9.17) is 0 Å². The van der Waals surface area contributed by atoms with E-state index in [0.717, 1.165) is 12.4 Å². The molecule has 2 nitrogen and oxygen atoms in total. The Balaban J connectivity index is 2.20. The van der Waals surface area contributed by atoms with Gasteiger partial charge in [-0.15, -0.1) is 11.3 Å². The summed E-state index contributed by atoms with van der Waals surface area (Å²) in [6.07, 6.45) is 4.01. The van der Waals surface area contributed by atoms with Crippen LogP contribution in [-0.2, 0) is 0 Å². The van der Waals surface area contributed by atoms with E-state index < -0.39 is 0 Å². The van der Waals surface area contributed by atoms with Gasteiger partial charge in [-0.25, -0.2) is 4.98 Å². The Morgan fingerprint density at radius 1 is 1.47 bits per heavy atom. The smallest absolute Gasteiger partial charge is 0.134 e. The van der Waals surface area contributed by atoms with Crippen LogP contribution < -0.4 is 5.32 Å². The van der Waals surface area contributed by atoms with E-state index in [1.807, 2.05) is 12.3 Å². The lowest BCUT2D eigenvalue weighted by Gasteiger charge is -2.03. The number of nitrogens with one attached hydrogen (secondary N) is 1. The zero-order valence-electron chi connectivity index (χ0n) is 8.95. The Bertz CT molecular complexity index is 481. The van der Waals surface area contributed by atoms with Gasteiger partial charge >= 0.3 is 0 Å². The maximum Gasteiger partial charge on any atom is 0.134 e. The lowest BCUT2D eigenvalue weighted by Crippen LogP contribution is -2.00. The van der Waals surface area contributed by atoms with Crippen LogP contribution in [0.25, 0.3) is 10.1 Å². The van der Waals surface area contributed by atoms with Gasteiger partial charge in [0.25, 0.3) is 0 Å². The Kier molecular flexibility index (Phi) is 3.02. The molecule has 0 aliphatic carbocycles. The summed E-state index contributed by atoms with van der Waals surface area (Å²) in [6.45, 7) is 5.03. The van der Waals surface area contributed by atoms with Crippen LogP contribution in [-0.4, -0.2) is 11.5 Å². The second-order valence-corrected chi connectivity index (χ2v) is 4.60. The van der Waals surface area contributed by atoms with Crippen LogP contribution in [0.5, 0.6) is 0 Å². The van der Waals surface area contributed by atoms with Crippen LogP contribution >= 0.6 is 11.3 Å². The molecule has 0 saturated carbocycles. The molecule has 0 amide bonds. The molecule has 2 aromatic heterocycles. The maximum absolute atomic E-state index is 4.34. The third-order valence-electron chi connectivity index (χ3n) is 2.16. The highest BCUT2D eigenvalue weighted by Crippen LogP contribution is 2.25. The molecule has 0 radical (unpaired) electrons. The predicted molar refractivity (Wildman–Crippen MR) is 67.5 cm³/mol. The van der Waals surface area contributed by atoms with Crippen LogP contribution in [0.4, 0.5) is 5.82 Å². The van der Waals surface area contributed by atoms with E-state index in [0.29, 0.717) is 0 Å². The first-order valence-corrected chi connectivity index (χ1v) is 5.85. The third kappa shape index (κ3) is 2.36. The molecule has 0 spiro atoms. The first-order valence-electron chi connectivity index (χ1n) is 4.97. The van der Waals surface area contributed by atoms with Gasteiger partial charge in [0.15, 0.2) is 0 Å². The number of aromatic nitrogens is 1. The van der Waals surface area contributed by atoms with Crippen molar-refractivity contribution < 1.29 is 0 Å². The lowest BCUT2D eigenvalue weighted by atomic mass is 10.3. The minimum absolute atomic E-state index is 0.838. The molecule has 0 aromatic carbocycles. The molecule has 2 rings (SSSR count). The van der Waals surface area contributed by atoms with E-state index >= 15 is 0 Å². The molecule has 2 aromatic rings. The third-order valence-corrected chi connectivity index (χ3v) is 3.04. The van der Waals surface area contributed by atoms with Crippen molar-refractivity contribution in [2.24, 2.45) is 0 Å². The number of nitrogens with zero attached hydrogens (tertiary/aromatic N) is 1. The van der Waals surface area contributed by atoms with Gasteiger partial charge in [0.1, 0.15) is 5.82 Å². The molecule has 2 heterocycles. The van der Waals surface area contributed by atoms with Gasteiger partial charge in [0, 0.05) is 22.8 Å². The van der Waals surface area contributed by atoms with E-state index in [2.05, 4.69) is 41.7 Å². The van der Waals surface area contributed by atoms with E-state index in [1.165, 1.54) is 15.7 Å². The molecule has 0 aliphatic heterocycles. The normalized spacial score (nSPS) is 10.3. The standard InChI is InChI=1S/C12H14N2S/c1-9(2)3-6-13-12-10-5-8-15-11(10)4-7-14-12/h3-5,7-8H,6H2,1-2H3,(H,13,14). The second kappa shape index (κ2) is 4.45. The van der Waals surface area contributed by atoms with Gasteiger partial charge in [-0.05, 0) is 31.4 Å². The summed E-state index contributed by atoms with van der Waals surface area (Å²) >= 11 is 1.75. The summed E-state index contributed by atoms with van der Waals surface area (Å²) in [7, 11) is 0. The van der Waals surface area contributed by atoms with Crippen molar-refractivity contribution in [1.82, 2.24) is 4.98 Å². The van der Waals surface area contributed by atoms with Gasteiger partial charge in [-0.2, -0.15) is 0 Å². The molecule has 0 atom stereocenters. The Morgan fingerprint density at radius 2 is 2.33 bits per heavy atom. The zero-order valence-corrected chi connectivity index (χ0v) is 9.77. The highest BCUT2D eigenvalue weighted by atomic mass is 32.1. The van der Waals surface area contributed by atoms with Gasteiger partial charge in [-0.1, -0.05) is 11.6 Å². The predicted octanol–water partition coefficient (Wildman–Crippen LogP) is 3.67. The number of hydrogen-bond acceptors (Lipinski definition) is 3. The number of thiophene rings is 1. The van der Waals surface area contributed by atoms with Gasteiger partial charge in [0.05, 0.1) is 0 Å². The molecule has 1 N–H and O–H groups in total. The molecule has 0 fully saturated rings. The topological polar surface area (TPSA) is 24.9 Å². The molecule has 0 aliphatic rings. The molecular weight excluding hydrogens is 204 g/mol. The fourth-order valence-corrected chi connectivity index (χ4v) is 2.17. The van der Waals surface area contributed by atoms with Crippen LogP contribution in [0, 0.1) is 0 Å². The van der Waals surface area contributed by atoms with Crippen molar-refractivity contribution in [2.45, 2.75) is 13.8 Å². The van der Waals surface area contributed by atoms with Gasteiger partial charge < -0.3 is 5.32 Å². The van der Waals surface area contributed by atoms with Crippen molar-refractivity contribution in [3.8, 4) is 0 Å². The number of anilines is 1. The Hall–Kier alpha value is -1.35. The minimum atomic E-state index is 0.838. The highest BCUT2D eigenvalue weighted by molar-refractivity contribution is 7.17. The average Bonchev–Trinajstić information content (AvgIpc) is 2.65. The van der Waals surface area contributed by atoms with Crippen molar-refractivity contribution >= 4 is 27.2 Å². The number of hydrogen-bond donors (Lipinski definition) is 1. The number of allylic oxidation sites excluding steroid dienone is 1. The number of pyridine rings is 1. The summed E-state index contributed by atoms with van der Waals surface area (Å²) in [6, 6.07) is 4.16. The van der Waals surface area contributed by atoms with Crippen LogP contribution in [0.15, 0.2) is 35.4 Å². The van der Waals surface area contributed by atoms with Crippen molar-refractivity contribution in [1.29, 1.82) is 0 Å². The fraction of sp³-hybridized carbons (Fsp3) is 0.250. The monoisotopic (exact) mass is 218 g/mol. The number of fused-ring (bicyclic) bond motifs is 1. The lowest BCUT2D eigenvalue weighted by molar-refractivity contribution is 1.22. The number of rotatable bonds is 3. The van der Waals surface area contributed by atoms with E-state index in [-0.39, 0.29) is 0 Å². The Labute approximate surface area is 93.7 Å². The molecule has 78 valence electrons. The van der Waals surface area contributed by atoms with Crippen LogP contribution in [0.1, 0.15) is 13.8 Å². The molecule has 3 heteroatoms. The van der Waals surface area contributed by atoms with E-state index in [9.17, 15) is 0 Å². The fourth-order valence-electron chi connectivity index (χ4n) is 1.39. The summed E-state index contributed by atoms with van der Waals surface area (Å²) < 4.78 is 1.28. The summed E-state index contributed by atoms with van der Waals surface area (Å²) in [5.41, 5.74) is 1.32. The Morgan fingerprint density at radius 3 is 3.13 bits per heavy atom. The van der Waals surface area contributed by atoms with E-state index in [1.54, 1.807) is 11.3 Å². The van der Waals surface area contributed by atoms with Crippen molar-refractivity contribution in [2.75, 3.05) is 11.9 Å². The highest BCUT2D eigenvalue weighted by Gasteiger charge is 2.00. The van der Waals surface area contributed by atoms with Gasteiger partial charge in [0.2, 0.25) is 0 Å².